The number of para-hydroxylation sites is 1. The van der Waals surface area contributed by atoms with E-state index in [4.69, 9.17) is 15.3 Å². The summed E-state index contributed by atoms with van der Waals surface area (Å²) in [6.07, 6.45) is -6.79. The minimum atomic E-state index is -5.30. The Balaban J connectivity index is 2.35. The average molecular weight is 488 g/mol. The zero-order chi connectivity index (χ0) is 22.3. The highest BCUT2D eigenvalue weighted by Gasteiger charge is 2.62. The molecular weight excluding hydrogens is 471 g/mol. The number of amides is 1. The fourth-order valence-corrected chi connectivity index (χ4v) is 3.79. The van der Waals surface area contributed by atoms with Crippen molar-refractivity contribution in [3.8, 4) is 5.75 Å². The van der Waals surface area contributed by atoms with Crippen molar-refractivity contribution in [1.29, 1.82) is 0 Å². The molecule has 3 rings (SSSR count). The standard InChI is InChI=1S/C19H17BrF3N3O4/c1-25-15(27)18(11-6-5-7-12(20)10-11,13-8-3-4-9-14(13)29-2)26(17(25)24)30-16(28)19(21,22)23/h3-10,17H,24H2,1-2H3. The van der Waals surface area contributed by atoms with Crippen LogP contribution >= 0.6 is 15.9 Å². The highest BCUT2D eigenvalue weighted by molar-refractivity contribution is 9.10. The third-order valence-electron chi connectivity index (χ3n) is 4.75. The number of nitrogens with two attached hydrogens (primary N) is 1. The number of hydrogen-bond acceptors (Lipinski definition) is 6. The summed E-state index contributed by atoms with van der Waals surface area (Å²) in [5.74, 6) is -3.01. The first kappa shape index (κ1) is 22.1. The van der Waals surface area contributed by atoms with Crippen LogP contribution < -0.4 is 10.5 Å². The van der Waals surface area contributed by atoms with Gasteiger partial charge in [-0.1, -0.05) is 51.3 Å². The largest absolute Gasteiger partial charge is 0.496 e. The molecular formula is C19H17BrF3N3O4. The molecule has 2 aromatic carbocycles. The van der Waals surface area contributed by atoms with Gasteiger partial charge in [0.05, 0.1) is 7.11 Å². The van der Waals surface area contributed by atoms with E-state index >= 15 is 0 Å². The molecule has 7 nitrogen and oxygen atoms in total. The van der Waals surface area contributed by atoms with Crippen molar-refractivity contribution in [2.45, 2.75) is 18.0 Å². The highest BCUT2D eigenvalue weighted by Crippen LogP contribution is 2.47. The molecule has 0 radical (unpaired) electrons. The lowest BCUT2D eigenvalue weighted by atomic mass is 9.81. The van der Waals surface area contributed by atoms with Crippen molar-refractivity contribution < 1.29 is 32.3 Å². The summed E-state index contributed by atoms with van der Waals surface area (Å²) in [6.45, 7) is 0. The van der Waals surface area contributed by atoms with E-state index in [0.717, 1.165) is 4.90 Å². The third-order valence-corrected chi connectivity index (χ3v) is 5.24. The number of alkyl halides is 3. The molecule has 2 N–H and O–H groups in total. The zero-order valence-electron chi connectivity index (χ0n) is 15.8. The number of rotatable bonds is 4. The van der Waals surface area contributed by atoms with Crippen molar-refractivity contribution in [1.82, 2.24) is 9.96 Å². The first-order valence-corrected chi connectivity index (χ1v) is 9.35. The van der Waals surface area contributed by atoms with E-state index < -0.39 is 29.9 Å². The minimum absolute atomic E-state index is 0.158. The number of benzene rings is 2. The van der Waals surface area contributed by atoms with E-state index in [0.29, 0.717) is 9.54 Å². The number of carbonyl (C=O) groups is 2. The second-order valence-corrected chi connectivity index (χ2v) is 7.37. The van der Waals surface area contributed by atoms with Crippen LogP contribution in [0.25, 0.3) is 0 Å². The van der Waals surface area contributed by atoms with E-state index in [1.165, 1.54) is 38.4 Å². The van der Waals surface area contributed by atoms with Gasteiger partial charge < -0.3 is 14.5 Å². The normalized spacial score (nSPS) is 22.3. The molecule has 1 heterocycles. The topological polar surface area (TPSA) is 85.1 Å². The van der Waals surface area contributed by atoms with E-state index in [9.17, 15) is 22.8 Å². The maximum absolute atomic E-state index is 13.5. The number of halogens is 4. The van der Waals surface area contributed by atoms with Gasteiger partial charge in [0.1, 0.15) is 5.75 Å². The van der Waals surface area contributed by atoms with Crippen molar-refractivity contribution in [3.05, 3.63) is 64.1 Å². The smallest absolute Gasteiger partial charge is 0.492 e. The number of carbonyl (C=O) groups excluding carboxylic acids is 2. The molecule has 1 fully saturated rings. The van der Waals surface area contributed by atoms with Crippen molar-refractivity contribution >= 4 is 27.8 Å². The second-order valence-electron chi connectivity index (χ2n) is 6.45. The molecule has 11 heteroatoms. The summed E-state index contributed by atoms with van der Waals surface area (Å²) >= 11 is 3.30. The monoisotopic (exact) mass is 487 g/mol. The maximum Gasteiger partial charge on any atom is 0.492 e. The van der Waals surface area contributed by atoms with Crippen LogP contribution in [0.1, 0.15) is 11.1 Å². The van der Waals surface area contributed by atoms with Crippen molar-refractivity contribution in [2.75, 3.05) is 14.2 Å². The van der Waals surface area contributed by atoms with E-state index in [1.54, 1.807) is 24.3 Å². The molecule has 1 aliphatic rings. The molecule has 160 valence electrons. The van der Waals surface area contributed by atoms with Gasteiger partial charge >= 0.3 is 12.1 Å². The second kappa shape index (κ2) is 7.89. The molecule has 1 saturated heterocycles. The number of ether oxygens (including phenoxy) is 1. The lowest BCUT2D eigenvalue weighted by molar-refractivity contribution is -0.260. The Kier molecular flexibility index (Phi) is 5.81. The Morgan fingerprint density at radius 3 is 2.47 bits per heavy atom. The van der Waals surface area contributed by atoms with Gasteiger partial charge in [-0.15, -0.1) is 0 Å². The number of hydroxylamine groups is 2. The third kappa shape index (κ3) is 3.42. The Morgan fingerprint density at radius 1 is 1.20 bits per heavy atom. The molecule has 2 aromatic rings. The molecule has 0 aromatic heterocycles. The molecule has 1 aliphatic heterocycles. The quantitative estimate of drug-likeness (QED) is 0.713. The van der Waals surface area contributed by atoms with Gasteiger partial charge in [0, 0.05) is 17.1 Å². The number of hydrogen-bond donors (Lipinski definition) is 1. The van der Waals surface area contributed by atoms with Crippen LogP contribution in [0.5, 0.6) is 5.75 Å². The number of likely N-dealkylation sites (N-methyl/N-ethyl adjacent to an activating group) is 1. The van der Waals surface area contributed by atoms with Crippen LogP contribution in [-0.4, -0.2) is 48.5 Å². The average Bonchev–Trinajstić information content (AvgIpc) is 2.89. The molecule has 0 spiro atoms. The van der Waals surface area contributed by atoms with E-state index in [-0.39, 0.29) is 16.9 Å². The van der Waals surface area contributed by atoms with Crippen molar-refractivity contribution in [2.24, 2.45) is 5.73 Å². The van der Waals surface area contributed by atoms with Crippen LogP contribution in [0.4, 0.5) is 13.2 Å². The first-order chi connectivity index (χ1) is 14.0. The van der Waals surface area contributed by atoms with Gasteiger partial charge in [-0.25, -0.2) is 4.79 Å². The Morgan fingerprint density at radius 2 is 1.87 bits per heavy atom. The summed E-state index contributed by atoms with van der Waals surface area (Å²) in [5.41, 5.74) is 4.38. The summed E-state index contributed by atoms with van der Waals surface area (Å²) in [7, 11) is 2.65. The minimum Gasteiger partial charge on any atom is -0.496 e. The van der Waals surface area contributed by atoms with Gasteiger partial charge in [-0.3, -0.25) is 10.5 Å². The van der Waals surface area contributed by atoms with Crippen LogP contribution in [0.15, 0.2) is 53.0 Å². The number of nitrogens with zero attached hydrogens (tertiary/aromatic N) is 2. The van der Waals surface area contributed by atoms with Crippen LogP contribution in [0, 0.1) is 0 Å². The summed E-state index contributed by atoms with van der Waals surface area (Å²) in [6, 6.07) is 12.6. The summed E-state index contributed by atoms with van der Waals surface area (Å²) < 4.78 is 45.0. The maximum atomic E-state index is 13.5. The molecule has 1 amide bonds. The van der Waals surface area contributed by atoms with E-state index in [1.807, 2.05) is 0 Å². The summed E-state index contributed by atoms with van der Waals surface area (Å²) in [5, 5.41) is 0.560. The van der Waals surface area contributed by atoms with Gasteiger partial charge in [-0.05, 0) is 23.8 Å². The lowest BCUT2D eigenvalue weighted by Gasteiger charge is -2.36. The molecule has 2 atom stereocenters. The molecule has 2 unspecified atom stereocenters. The fourth-order valence-electron chi connectivity index (χ4n) is 3.39. The lowest BCUT2D eigenvalue weighted by Crippen LogP contribution is -2.53. The fraction of sp³-hybridized carbons (Fsp3) is 0.263. The van der Waals surface area contributed by atoms with Gasteiger partial charge in [0.2, 0.25) is 0 Å². The molecule has 0 bridgehead atoms. The zero-order valence-corrected chi connectivity index (χ0v) is 17.4. The van der Waals surface area contributed by atoms with Gasteiger partial charge in [0.15, 0.2) is 11.8 Å². The molecule has 0 aliphatic carbocycles. The molecule has 30 heavy (non-hydrogen) atoms. The Hall–Kier alpha value is -2.63. The summed E-state index contributed by atoms with van der Waals surface area (Å²) in [4.78, 5) is 31.0. The first-order valence-electron chi connectivity index (χ1n) is 8.56. The highest BCUT2D eigenvalue weighted by atomic mass is 79.9. The Labute approximate surface area is 178 Å². The van der Waals surface area contributed by atoms with Gasteiger partial charge in [-0.2, -0.15) is 13.2 Å². The van der Waals surface area contributed by atoms with Crippen LogP contribution in [-0.2, 0) is 20.0 Å². The van der Waals surface area contributed by atoms with Crippen LogP contribution in [0.2, 0.25) is 0 Å². The van der Waals surface area contributed by atoms with E-state index in [2.05, 4.69) is 15.9 Å². The Bertz CT molecular complexity index is 987. The van der Waals surface area contributed by atoms with Crippen LogP contribution in [0.3, 0.4) is 0 Å². The predicted molar refractivity (Wildman–Crippen MR) is 103 cm³/mol. The SMILES string of the molecule is COc1ccccc1C1(c2cccc(Br)c2)C(=O)N(C)C(N)N1OC(=O)C(F)(F)F. The molecule has 0 saturated carbocycles. The van der Waals surface area contributed by atoms with Gasteiger partial charge in [0.25, 0.3) is 5.91 Å². The van der Waals surface area contributed by atoms with Crippen molar-refractivity contribution in [3.63, 3.8) is 0 Å². The predicted octanol–water partition coefficient (Wildman–Crippen LogP) is 2.74. The number of methoxy groups -OCH3 is 1.